The molecule has 22 heavy (non-hydrogen) atoms. The van der Waals surface area contributed by atoms with Gasteiger partial charge in [0, 0.05) is 5.56 Å². The van der Waals surface area contributed by atoms with Crippen molar-refractivity contribution in [3.8, 4) is 11.5 Å². The summed E-state index contributed by atoms with van der Waals surface area (Å²) >= 11 is 3.13. The summed E-state index contributed by atoms with van der Waals surface area (Å²) in [5.41, 5.74) is 0.801. The molecule has 0 spiro atoms. The van der Waals surface area contributed by atoms with Crippen LogP contribution in [0.2, 0.25) is 0 Å². The fourth-order valence-corrected chi connectivity index (χ4v) is 2.10. The number of rotatable bonds is 4. The Labute approximate surface area is 134 Å². The maximum Gasteiger partial charge on any atom is 0.375 e. The summed E-state index contributed by atoms with van der Waals surface area (Å²) in [6, 6.07) is 12.5. The van der Waals surface area contributed by atoms with Crippen molar-refractivity contribution >= 4 is 21.9 Å². The molecule has 1 aromatic carbocycles. The van der Waals surface area contributed by atoms with E-state index < -0.39 is 12.1 Å². The van der Waals surface area contributed by atoms with Gasteiger partial charge >= 0.3 is 5.97 Å². The third-order valence-electron chi connectivity index (χ3n) is 2.87. The second-order valence-electron chi connectivity index (χ2n) is 4.46. The van der Waals surface area contributed by atoms with Crippen LogP contribution in [0.15, 0.2) is 56.0 Å². The van der Waals surface area contributed by atoms with Crippen LogP contribution in [0.5, 0.6) is 0 Å². The van der Waals surface area contributed by atoms with Gasteiger partial charge in [0.25, 0.3) is 5.89 Å². The number of benzene rings is 1. The van der Waals surface area contributed by atoms with Gasteiger partial charge in [0.2, 0.25) is 11.7 Å². The second kappa shape index (κ2) is 6.15. The van der Waals surface area contributed by atoms with Crippen molar-refractivity contribution in [1.29, 1.82) is 0 Å². The van der Waals surface area contributed by atoms with Gasteiger partial charge in [0.15, 0.2) is 10.8 Å². The Morgan fingerprint density at radius 3 is 2.59 bits per heavy atom. The quantitative estimate of drug-likeness (QED) is 0.652. The topological polar surface area (TPSA) is 78.4 Å². The molecule has 0 aliphatic carbocycles. The van der Waals surface area contributed by atoms with Crippen molar-refractivity contribution in [3.63, 3.8) is 0 Å². The standard InChI is InChI=1S/C15H11BrN2O4/c1-9(20-15(19)11-7-8-12(16)21-11)13-17-18-14(22-13)10-5-3-2-4-6-10/h2-9H,1H3/t9-/m0/s1. The Morgan fingerprint density at radius 2 is 1.91 bits per heavy atom. The zero-order chi connectivity index (χ0) is 15.5. The lowest BCUT2D eigenvalue weighted by atomic mass is 10.2. The number of hydrogen-bond acceptors (Lipinski definition) is 6. The third-order valence-corrected chi connectivity index (χ3v) is 3.29. The summed E-state index contributed by atoms with van der Waals surface area (Å²) in [6.07, 6.45) is -0.679. The Kier molecular flexibility index (Phi) is 4.06. The molecule has 0 aliphatic rings. The minimum Gasteiger partial charge on any atom is -0.447 e. The first-order valence-electron chi connectivity index (χ1n) is 6.48. The molecule has 0 saturated carbocycles. The van der Waals surface area contributed by atoms with Gasteiger partial charge in [0.05, 0.1) is 0 Å². The van der Waals surface area contributed by atoms with Gasteiger partial charge in [-0.25, -0.2) is 4.79 Å². The summed E-state index contributed by atoms with van der Waals surface area (Å²) in [6.45, 7) is 1.65. The SMILES string of the molecule is C[C@H](OC(=O)c1ccc(Br)o1)c1nnc(-c2ccccc2)o1. The summed E-state index contributed by atoms with van der Waals surface area (Å²) < 4.78 is 16.4. The normalized spacial score (nSPS) is 12.1. The molecule has 0 N–H and O–H groups in total. The van der Waals surface area contributed by atoms with Crippen LogP contribution in [0.4, 0.5) is 0 Å². The van der Waals surface area contributed by atoms with E-state index in [1.54, 1.807) is 13.0 Å². The molecule has 0 fully saturated rings. The Bertz CT molecular complexity index is 782. The molecular formula is C15H11BrN2O4. The van der Waals surface area contributed by atoms with E-state index in [0.29, 0.717) is 10.6 Å². The van der Waals surface area contributed by atoms with E-state index >= 15 is 0 Å². The number of aromatic nitrogens is 2. The molecule has 3 aromatic rings. The number of furan rings is 1. The zero-order valence-electron chi connectivity index (χ0n) is 11.5. The summed E-state index contributed by atoms with van der Waals surface area (Å²) in [5, 5.41) is 7.86. The van der Waals surface area contributed by atoms with E-state index in [1.807, 2.05) is 30.3 Å². The van der Waals surface area contributed by atoms with Gasteiger partial charge in [-0.05, 0) is 47.1 Å². The minimum atomic E-state index is -0.679. The molecule has 0 bridgehead atoms. The van der Waals surface area contributed by atoms with Gasteiger partial charge in [-0.15, -0.1) is 10.2 Å². The number of halogens is 1. The highest BCUT2D eigenvalue weighted by Gasteiger charge is 2.21. The summed E-state index contributed by atoms with van der Waals surface area (Å²) in [7, 11) is 0. The number of nitrogens with zero attached hydrogens (tertiary/aromatic N) is 2. The largest absolute Gasteiger partial charge is 0.447 e. The van der Waals surface area contributed by atoms with Crippen molar-refractivity contribution in [2.45, 2.75) is 13.0 Å². The molecule has 1 atom stereocenters. The van der Waals surface area contributed by atoms with Crippen LogP contribution in [0, 0.1) is 0 Å². The van der Waals surface area contributed by atoms with Crippen LogP contribution in [0.3, 0.4) is 0 Å². The molecular weight excluding hydrogens is 352 g/mol. The first kappa shape index (κ1) is 14.5. The van der Waals surface area contributed by atoms with Crippen LogP contribution in [0.25, 0.3) is 11.5 Å². The molecule has 3 rings (SSSR count). The van der Waals surface area contributed by atoms with Crippen LogP contribution < -0.4 is 0 Å². The molecule has 2 aromatic heterocycles. The van der Waals surface area contributed by atoms with Crippen molar-refractivity contribution in [1.82, 2.24) is 10.2 Å². The monoisotopic (exact) mass is 362 g/mol. The van der Waals surface area contributed by atoms with E-state index in [-0.39, 0.29) is 11.7 Å². The summed E-state index contributed by atoms with van der Waals surface area (Å²) in [5.74, 6) is 0.0938. The number of hydrogen-bond donors (Lipinski definition) is 0. The van der Waals surface area contributed by atoms with Gasteiger partial charge in [0.1, 0.15) is 0 Å². The van der Waals surface area contributed by atoms with Gasteiger partial charge in [-0.1, -0.05) is 18.2 Å². The molecule has 112 valence electrons. The molecule has 0 amide bonds. The van der Waals surface area contributed by atoms with Gasteiger partial charge < -0.3 is 13.6 Å². The van der Waals surface area contributed by atoms with Crippen molar-refractivity contribution < 1.29 is 18.4 Å². The molecule has 0 radical (unpaired) electrons. The lowest BCUT2D eigenvalue weighted by Gasteiger charge is -2.07. The van der Waals surface area contributed by atoms with Crippen LogP contribution in [-0.2, 0) is 4.74 Å². The Hall–Kier alpha value is -2.41. The number of esters is 1. The van der Waals surface area contributed by atoms with Crippen molar-refractivity contribution in [2.24, 2.45) is 0 Å². The average molecular weight is 363 g/mol. The lowest BCUT2D eigenvalue weighted by molar-refractivity contribution is 0.0243. The lowest BCUT2D eigenvalue weighted by Crippen LogP contribution is -2.08. The smallest absolute Gasteiger partial charge is 0.375 e. The Balaban J connectivity index is 1.72. The van der Waals surface area contributed by atoms with E-state index in [9.17, 15) is 4.79 Å². The maximum atomic E-state index is 11.9. The molecule has 0 aliphatic heterocycles. The molecule has 0 saturated heterocycles. The van der Waals surface area contributed by atoms with Gasteiger partial charge in [-0.2, -0.15) is 0 Å². The number of carbonyl (C=O) groups is 1. The average Bonchev–Trinajstić information content (AvgIpc) is 3.17. The second-order valence-corrected chi connectivity index (χ2v) is 5.24. The molecule has 0 unspecified atom stereocenters. The Morgan fingerprint density at radius 1 is 1.14 bits per heavy atom. The highest BCUT2D eigenvalue weighted by Crippen LogP contribution is 2.23. The van der Waals surface area contributed by atoms with Crippen molar-refractivity contribution in [2.75, 3.05) is 0 Å². The number of carbonyl (C=O) groups excluding carboxylic acids is 1. The zero-order valence-corrected chi connectivity index (χ0v) is 13.1. The number of ether oxygens (including phenoxy) is 1. The third kappa shape index (κ3) is 3.09. The van der Waals surface area contributed by atoms with Crippen LogP contribution in [0.1, 0.15) is 29.5 Å². The van der Waals surface area contributed by atoms with Gasteiger partial charge in [-0.3, -0.25) is 0 Å². The van der Waals surface area contributed by atoms with E-state index in [2.05, 4.69) is 26.1 Å². The predicted octanol–water partition coefficient (Wildman–Crippen LogP) is 4.01. The minimum absolute atomic E-state index is 0.0986. The van der Waals surface area contributed by atoms with Crippen LogP contribution in [-0.4, -0.2) is 16.2 Å². The highest BCUT2D eigenvalue weighted by atomic mass is 79.9. The molecule has 2 heterocycles. The first-order chi connectivity index (χ1) is 10.6. The molecule has 7 heteroatoms. The van der Waals surface area contributed by atoms with Crippen molar-refractivity contribution in [3.05, 3.63) is 58.8 Å². The predicted molar refractivity (Wildman–Crippen MR) is 80.0 cm³/mol. The van der Waals surface area contributed by atoms with Crippen LogP contribution >= 0.6 is 15.9 Å². The van der Waals surface area contributed by atoms with E-state index in [0.717, 1.165) is 5.56 Å². The maximum absolute atomic E-state index is 11.9. The molecule has 6 nitrogen and oxygen atoms in total. The summed E-state index contributed by atoms with van der Waals surface area (Å²) in [4.78, 5) is 11.9. The van der Waals surface area contributed by atoms with E-state index in [4.69, 9.17) is 13.6 Å². The van der Waals surface area contributed by atoms with E-state index in [1.165, 1.54) is 6.07 Å². The fourth-order valence-electron chi connectivity index (χ4n) is 1.79. The first-order valence-corrected chi connectivity index (χ1v) is 7.28. The fraction of sp³-hybridized carbons (Fsp3) is 0.133. The highest BCUT2D eigenvalue weighted by molar-refractivity contribution is 9.10.